The Morgan fingerprint density at radius 2 is 2.09 bits per heavy atom. The summed E-state index contributed by atoms with van der Waals surface area (Å²) in [6.45, 7) is 4.45. The fourth-order valence-electron chi connectivity index (χ4n) is 1.91. The van der Waals surface area contributed by atoms with Gasteiger partial charge in [-0.15, -0.1) is 0 Å². The van der Waals surface area contributed by atoms with E-state index < -0.39 is 11.7 Å². The number of allylic oxidation sites excluding steroid dienone is 1. The van der Waals surface area contributed by atoms with E-state index in [-0.39, 0.29) is 6.04 Å². The zero-order chi connectivity index (χ0) is 16.6. The summed E-state index contributed by atoms with van der Waals surface area (Å²) < 4.78 is 38.2. The van der Waals surface area contributed by atoms with Crippen LogP contribution >= 0.6 is 0 Å². The second-order valence-corrected chi connectivity index (χ2v) is 4.85. The van der Waals surface area contributed by atoms with E-state index in [0.717, 1.165) is 18.6 Å². The number of rotatable bonds is 5. The lowest BCUT2D eigenvalue weighted by molar-refractivity contribution is -0.137. The van der Waals surface area contributed by atoms with E-state index in [9.17, 15) is 13.2 Å². The average molecular weight is 313 g/mol. The van der Waals surface area contributed by atoms with E-state index in [4.69, 9.17) is 0 Å². The summed E-state index contributed by atoms with van der Waals surface area (Å²) in [5.41, 5.74) is -0.0825. The predicted octanol–water partition coefficient (Wildman–Crippen LogP) is 3.90. The molecule has 0 aliphatic heterocycles. The van der Waals surface area contributed by atoms with Gasteiger partial charge in [-0.05, 0) is 38.0 Å². The van der Waals surface area contributed by atoms with Crippen molar-refractivity contribution in [1.82, 2.24) is 10.6 Å². The highest BCUT2D eigenvalue weighted by Crippen LogP contribution is 2.30. The molecule has 1 aromatic carbocycles. The highest BCUT2D eigenvalue weighted by molar-refractivity contribution is 5.80. The molecule has 1 aromatic rings. The highest BCUT2D eigenvalue weighted by atomic mass is 19.4. The van der Waals surface area contributed by atoms with E-state index in [1.54, 1.807) is 20.0 Å². The molecule has 1 atom stereocenters. The maximum atomic E-state index is 12.7. The molecule has 0 fully saturated rings. The second kappa shape index (κ2) is 8.46. The molecular formula is C16H22F3N3. The van der Waals surface area contributed by atoms with Gasteiger partial charge >= 0.3 is 6.18 Å². The molecule has 0 bridgehead atoms. The summed E-state index contributed by atoms with van der Waals surface area (Å²) >= 11 is 0. The first kappa shape index (κ1) is 18.1. The van der Waals surface area contributed by atoms with Crippen LogP contribution in [0.4, 0.5) is 13.2 Å². The fraction of sp³-hybridized carbons (Fsp3) is 0.438. The number of aliphatic imine (C=N–C) groups is 1. The van der Waals surface area contributed by atoms with Crippen LogP contribution in [0.2, 0.25) is 0 Å². The summed E-state index contributed by atoms with van der Waals surface area (Å²) in [5.74, 6) is 0.564. The molecule has 3 nitrogen and oxygen atoms in total. The summed E-state index contributed by atoms with van der Waals surface area (Å²) in [6.07, 6.45) is 0.511. The lowest BCUT2D eigenvalue weighted by Crippen LogP contribution is -2.39. The summed E-state index contributed by atoms with van der Waals surface area (Å²) in [6, 6.07) is 5.03. The molecule has 22 heavy (non-hydrogen) atoms. The van der Waals surface area contributed by atoms with Gasteiger partial charge < -0.3 is 10.6 Å². The van der Waals surface area contributed by atoms with E-state index in [0.29, 0.717) is 18.1 Å². The average Bonchev–Trinajstić information content (AvgIpc) is 2.49. The highest BCUT2D eigenvalue weighted by Gasteiger charge is 2.30. The molecule has 0 aliphatic carbocycles. The number of nitrogens with zero attached hydrogens (tertiary/aromatic N) is 1. The van der Waals surface area contributed by atoms with Gasteiger partial charge in [0.15, 0.2) is 5.96 Å². The van der Waals surface area contributed by atoms with Gasteiger partial charge in [-0.25, -0.2) is 0 Å². The van der Waals surface area contributed by atoms with Crippen LogP contribution in [0.15, 0.2) is 41.4 Å². The van der Waals surface area contributed by atoms with Gasteiger partial charge in [-0.2, -0.15) is 13.2 Å². The molecule has 0 saturated heterocycles. The van der Waals surface area contributed by atoms with Crippen LogP contribution in [0.1, 0.15) is 37.4 Å². The van der Waals surface area contributed by atoms with Crippen molar-refractivity contribution in [3.63, 3.8) is 0 Å². The molecular weight excluding hydrogens is 291 g/mol. The Morgan fingerprint density at radius 3 is 2.68 bits per heavy atom. The number of benzene rings is 1. The summed E-state index contributed by atoms with van der Waals surface area (Å²) in [5, 5.41) is 6.20. The first-order chi connectivity index (χ1) is 10.4. The van der Waals surface area contributed by atoms with Crippen molar-refractivity contribution < 1.29 is 13.2 Å². The largest absolute Gasteiger partial charge is 0.416 e. The van der Waals surface area contributed by atoms with Crippen LogP contribution in [-0.4, -0.2) is 19.6 Å². The zero-order valence-corrected chi connectivity index (χ0v) is 13.0. The Morgan fingerprint density at radius 1 is 1.36 bits per heavy atom. The van der Waals surface area contributed by atoms with Gasteiger partial charge in [-0.3, -0.25) is 4.99 Å². The van der Waals surface area contributed by atoms with Crippen molar-refractivity contribution >= 4 is 5.96 Å². The van der Waals surface area contributed by atoms with E-state index in [1.165, 1.54) is 6.07 Å². The molecule has 0 heterocycles. The number of alkyl halides is 3. The maximum absolute atomic E-state index is 12.7. The third kappa shape index (κ3) is 5.79. The molecule has 0 aliphatic rings. The van der Waals surface area contributed by atoms with Crippen molar-refractivity contribution in [2.24, 2.45) is 4.99 Å². The van der Waals surface area contributed by atoms with Gasteiger partial charge in [0.05, 0.1) is 11.6 Å². The first-order valence-corrected chi connectivity index (χ1v) is 7.14. The molecule has 0 aromatic heterocycles. The number of halogens is 3. The molecule has 0 radical (unpaired) electrons. The third-order valence-corrected chi connectivity index (χ3v) is 3.13. The van der Waals surface area contributed by atoms with Gasteiger partial charge in [0.1, 0.15) is 0 Å². The van der Waals surface area contributed by atoms with Crippen LogP contribution in [0.25, 0.3) is 0 Å². The lowest BCUT2D eigenvalue weighted by Gasteiger charge is -2.19. The first-order valence-electron chi connectivity index (χ1n) is 7.14. The van der Waals surface area contributed by atoms with Crippen molar-refractivity contribution in [1.29, 1.82) is 0 Å². The molecule has 2 N–H and O–H groups in total. The standard InChI is InChI=1S/C16H22F3N3/c1-4-5-6-10-21-15(20-3)22-12(2)13-8-7-9-14(11-13)16(17,18)19/h4-5,7-9,11-12H,6,10H2,1-3H3,(H2,20,21,22)/b5-4+. The topological polar surface area (TPSA) is 36.4 Å². The smallest absolute Gasteiger partial charge is 0.356 e. The number of hydrogen-bond donors (Lipinski definition) is 2. The van der Waals surface area contributed by atoms with E-state index in [1.807, 2.05) is 19.1 Å². The van der Waals surface area contributed by atoms with Crippen molar-refractivity contribution in [3.05, 3.63) is 47.5 Å². The number of hydrogen-bond acceptors (Lipinski definition) is 1. The normalized spacial score (nSPS) is 14.2. The molecule has 122 valence electrons. The van der Waals surface area contributed by atoms with Gasteiger partial charge in [0, 0.05) is 13.6 Å². The van der Waals surface area contributed by atoms with Crippen molar-refractivity contribution in [3.8, 4) is 0 Å². The zero-order valence-electron chi connectivity index (χ0n) is 13.0. The monoisotopic (exact) mass is 313 g/mol. The minimum absolute atomic E-state index is 0.282. The molecule has 0 amide bonds. The van der Waals surface area contributed by atoms with Crippen LogP contribution in [0, 0.1) is 0 Å². The quantitative estimate of drug-likeness (QED) is 0.374. The Hall–Kier alpha value is -1.98. The molecule has 6 heteroatoms. The van der Waals surface area contributed by atoms with Crippen LogP contribution in [0.5, 0.6) is 0 Å². The van der Waals surface area contributed by atoms with E-state index >= 15 is 0 Å². The lowest BCUT2D eigenvalue weighted by atomic mass is 10.1. The van der Waals surface area contributed by atoms with Crippen LogP contribution in [0.3, 0.4) is 0 Å². The molecule has 1 rings (SSSR count). The number of guanidine groups is 1. The fourth-order valence-corrected chi connectivity index (χ4v) is 1.91. The summed E-state index contributed by atoms with van der Waals surface area (Å²) in [4.78, 5) is 4.07. The van der Waals surface area contributed by atoms with Gasteiger partial charge in [-0.1, -0.05) is 24.3 Å². The van der Waals surface area contributed by atoms with Crippen molar-refractivity contribution in [2.45, 2.75) is 32.5 Å². The number of nitrogens with one attached hydrogen (secondary N) is 2. The van der Waals surface area contributed by atoms with E-state index in [2.05, 4.69) is 15.6 Å². The SMILES string of the molecule is C/C=C/CCNC(=NC)NC(C)c1cccc(C(F)(F)F)c1. The Bertz CT molecular complexity index is 522. The minimum atomic E-state index is -4.33. The second-order valence-electron chi connectivity index (χ2n) is 4.85. The summed E-state index contributed by atoms with van der Waals surface area (Å²) in [7, 11) is 1.63. The Balaban J connectivity index is 2.69. The molecule has 0 saturated carbocycles. The Labute approximate surface area is 129 Å². The van der Waals surface area contributed by atoms with Crippen LogP contribution < -0.4 is 10.6 Å². The van der Waals surface area contributed by atoms with Gasteiger partial charge in [0.2, 0.25) is 0 Å². The minimum Gasteiger partial charge on any atom is -0.356 e. The van der Waals surface area contributed by atoms with Crippen LogP contribution in [-0.2, 0) is 6.18 Å². The van der Waals surface area contributed by atoms with Crippen molar-refractivity contribution in [2.75, 3.05) is 13.6 Å². The maximum Gasteiger partial charge on any atom is 0.416 e. The molecule has 1 unspecified atom stereocenters. The van der Waals surface area contributed by atoms with Gasteiger partial charge in [0.25, 0.3) is 0 Å². The molecule has 0 spiro atoms. The predicted molar refractivity (Wildman–Crippen MR) is 83.8 cm³/mol. The Kier molecular flexibility index (Phi) is 6.95. The third-order valence-electron chi connectivity index (χ3n) is 3.13.